The third-order valence-electron chi connectivity index (χ3n) is 0.483. The second kappa shape index (κ2) is 5.21. The summed E-state index contributed by atoms with van der Waals surface area (Å²) in [7, 11) is 0. The van der Waals surface area contributed by atoms with E-state index in [9.17, 15) is 4.79 Å². The molecule has 0 aromatic rings. The third kappa shape index (κ3) is 5.21. The summed E-state index contributed by atoms with van der Waals surface area (Å²) in [6.07, 6.45) is 2.38. The van der Waals surface area contributed by atoms with E-state index in [2.05, 4.69) is 11.3 Å². The van der Waals surface area contributed by atoms with Crippen LogP contribution in [0, 0.1) is 0 Å². The molecule has 7 heavy (non-hydrogen) atoms. The van der Waals surface area contributed by atoms with Crippen molar-refractivity contribution < 1.29 is 9.53 Å². The average molecular weight is 99.1 g/mol. The van der Waals surface area contributed by atoms with Gasteiger partial charge in [-0.05, 0) is 6.42 Å². The summed E-state index contributed by atoms with van der Waals surface area (Å²) in [6.45, 7) is 5.12. The summed E-state index contributed by atoms with van der Waals surface area (Å²) in [5, 5.41) is 0. The van der Waals surface area contributed by atoms with Gasteiger partial charge in [0.05, 0.1) is 6.61 Å². The van der Waals surface area contributed by atoms with Crippen molar-refractivity contribution in [1.29, 1.82) is 0 Å². The SMILES string of the molecule is C=CCCO[C]=O. The van der Waals surface area contributed by atoms with Gasteiger partial charge in [-0.3, -0.25) is 0 Å². The van der Waals surface area contributed by atoms with Crippen LogP contribution in [-0.4, -0.2) is 13.1 Å². The zero-order valence-electron chi connectivity index (χ0n) is 4.02. The first-order valence-corrected chi connectivity index (χ1v) is 2.01. The van der Waals surface area contributed by atoms with Gasteiger partial charge in [0.1, 0.15) is 0 Å². The molecular formula is C5H7O2. The molecule has 0 N–H and O–H groups in total. The van der Waals surface area contributed by atoms with Crippen LogP contribution in [0.5, 0.6) is 0 Å². The molecule has 0 fully saturated rings. The standard InChI is InChI=1S/C5H7O2/c1-2-3-4-7-5-6/h2H,1,3-4H2. The Bertz CT molecular complexity index is 51.1. The molecule has 1 radical (unpaired) electrons. The third-order valence-corrected chi connectivity index (χ3v) is 0.483. The van der Waals surface area contributed by atoms with Gasteiger partial charge in [0.25, 0.3) is 0 Å². The van der Waals surface area contributed by atoms with Crippen molar-refractivity contribution in [2.24, 2.45) is 0 Å². The van der Waals surface area contributed by atoms with E-state index >= 15 is 0 Å². The van der Waals surface area contributed by atoms with Crippen LogP contribution >= 0.6 is 0 Å². The smallest absolute Gasteiger partial charge is 0.417 e. The molecule has 2 nitrogen and oxygen atoms in total. The first kappa shape index (κ1) is 6.21. The van der Waals surface area contributed by atoms with E-state index in [1.807, 2.05) is 0 Å². The van der Waals surface area contributed by atoms with Crippen molar-refractivity contribution in [3.8, 4) is 0 Å². The summed E-state index contributed by atoms with van der Waals surface area (Å²) < 4.78 is 4.20. The molecule has 39 valence electrons. The highest BCUT2D eigenvalue weighted by Crippen LogP contribution is 1.77. The lowest BCUT2D eigenvalue weighted by molar-refractivity contribution is 0.284. The second-order valence-electron chi connectivity index (χ2n) is 1.01. The number of hydrogen-bond donors (Lipinski definition) is 0. The summed E-state index contributed by atoms with van der Waals surface area (Å²) in [4.78, 5) is 9.30. The van der Waals surface area contributed by atoms with E-state index in [1.165, 1.54) is 6.47 Å². The largest absolute Gasteiger partial charge is 0.457 e. The van der Waals surface area contributed by atoms with Gasteiger partial charge in [0, 0.05) is 0 Å². The molecule has 0 aromatic carbocycles. The zero-order valence-corrected chi connectivity index (χ0v) is 4.02. The fraction of sp³-hybridized carbons (Fsp3) is 0.400. The van der Waals surface area contributed by atoms with Crippen LogP contribution in [0.4, 0.5) is 0 Å². The first-order chi connectivity index (χ1) is 3.41. The fourth-order valence-corrected chi connectivity index (χ4v) is 0.184. The Morgan fingerprint density at radius 3 is 3.00 bits per heavy atom. The molecule has 0 heterocycles. The van der Waals surface area contributed by atoms with Gasteiger partial charge in [-0.2, -0.15) is 0 Å². The lowest BCUT2D eigenvalue weighted by Crippen LogP contribution is -1.87. The van der Waals surface area contributed by atoms with Crippen LogP contribution in [0.15, 0.2) is 12.7 Å². The summed E-state index contributed by atoms with van der Waals surface area (Å²) in [6, 6.07) is 0. The van der Waals surface area contributed by atoms with Gasteiger partial charge in [0.2, 0.25) is 0 Å². The van der Waals surface area contributed by atoms with Crippen molar-refractivity contribution in [2.45, 2.75) is 6.42 Å². The minimum absolute atomic E-state index is 0.396. The van der Waals surface area contributed by atoms with Crippen LogP contribution in [0.25, 0.3) is 0 Å². The van der Waals surface area contributed by atoms with Gasteiger partial charge in [0.15, 0.2) is 0 Å². The van der Waals surface area contributed by atoms with Gasteiger partial charge in [-0.1, -0.05) is 6.08 Å². The predicted octanol–water partition coefficient (Wildman–Crippen LogP) is 0.646. The first-order valence-electron chi connectivity index (χ1n) is 2.01. The summed E-state index contributed by atoms with van der Waals surface area (Å²) >= 11 is 0. The molecule has 2 heteroatoms. The normalized spacial score (nSPS) is 7.43. The van der Waals surface area contributed by atoms with Crippen molar-refractivity contribution in [3.63, 3.8) is 0 Å². The lowest BCUT2D eigenvalue weighted by atomic mass is 10.5. The van der Waals surface area contributed by atoms with Gasteiger partial charge < -0.3 is 4.74 Å². The number of rotatable bonds is 4. The van der Waals surface area contributed by atoms with Crippen molar-refractivity contribution in [2.75, 3.05) is 6.61 Å². The monoisotopic (exact) mass is 99.0 g/mol. The highest BCUT2D eigenvalue weighted by molar-refractivity contribution is 5.38. The van der Waals surface area contributed by atoms with E-state index in [-0.39, 0.29) is 0 Å². The van der Waals surface area contributed by atoms with Gasteiger partial charge in [-0.15, -0.1) is 6.58 Å². The lowest BCUT2D eigenvalue weighted by Gasteiger charge is -1.86. The predicted molar refractivity (Wildman–Crippen MR) is 26.5 cm³/mol. The van der Waals surface area contributed by atoms with Crippen LogP contribution in [-0.2, 0) is 9.53 Å². The van der Waals surface area contributed by atoms with E-state index in [0.29, 0.717) is 13.0 Å². The zero-order chi connectivity index (χ0) is 5.54. The summed E-state index contributed by atoms with van der Waals surface area (Å²) in [5.74, 6) is 0. The fourth-order valence-electron chi connectivity index (χ4n) is 0.184. The topological polar surface area (TPSA) is 26.3 Å². The van der Waals surface area contributed by atoms with Crippen LogP contribution in [0.3, 0.4) is 0 Å². The maximum Gasteiger partial charge on any atom is 0.417 e. The van der Waals surface area contributed by atoms with E-state index in [0.717, 1.165) is 0 Å². The summed E-state index contributed by atoms with van der Waals surface area (Å²) in [5.41, 5.74) is 0. The molecule has 0 aliphatic heterocycles. The highest BCUT2D eigenvalue weighted by atomic mass is 16.5. The van der Waals surface area contributed by atoms with Gasteiger partial charge in [-0.25, -0.2) is 4.79 Å². The van der Waals surface area contributed by atoms with Crippen molar-refractivity contribution in [3.05, 3.63) is 12.7 Å². The Morgan fingerprint density at radius 2 is 2.57 bits per heavy atom. The van der Waals surface area contributed by atoms with Crippen LogP contribution in [0.2, 0.25) is 0 Å². The highest BCUT2D eigenvalue weighted by Gasteiger charge is 1.76. The number of ether oxygens (including phenoxy) is 1. The van der Waals surface area contributed by atoms with Crippen molar-refractivity contribution >= 4 is 6.47 Å². The van der Waals surface area contributed by atoms with Crippen molar-refractivity contribution in [1.82, 2.24) is 0 Å². The molecule has 0 spiro atoms. The molecule has 0 aliphatic carbocycles. The van der Waals surface area contributed by atoms with Crippen LogP contribution in [0.1, 0.15) is 6.42 Å². The number of hydrogen-bond acceptors (Lipinski definition) is 2. The molecular weight excluding hydrogens is 92.1 g/mol. The maximum atomic E-state index is 9.30. The molecule has 0 saturated carbocycles. The Hall–Kier alpha value is -0.790. The second-order valence-corrected chi connectivity index (χ2v) is 1.01. The minimum atomic E-state index is 0.396. The quantitative estimate of drug-likeness (QED) is 0.382. The molecule has 0 saturated heterocycles. The Morgan fingerprint density at radius 1 is 1.86 bits per heavy atom. The average Bonchev–Trinajstić information content (AvgIpc) is 1.69. The Balaban J connectivity index is 2.68. The Kier molecular flexibility index (Phi) is 4.62. The van der Waals surface area contributed by atoms with Gasteiger partial charge >= 0.3 is 6.47 Å². The molecule has 0 unspecified atom stereocenters. The molecule has 0 aromatic heterocycles. The minimum Gasteiger partial charge on any atom is -0.457 e. The molecule has 0 atom stereocenters. The Labute approximate surface area is 42.8 Å². The van der Waals surface area contributed by atoms with E-state index in [4.69, 9.17) is 0 Å². The molecule has 0 bridgehead atoms. The van der Waals surface area contributed by atoms with E-state index < -0.39 is 0 Å². The molecule has 0 aliphatic rings. The van der Waals surface area contributed by atoms with E-state index in [1.54, 1.807) is 6.08 Å². The maximum absolute atomic E-state index is 9.30. The van der Waals surface area contributed by atoms with Crippen LogP contribution < -0.4 is 0 Å². The molecule has 0 amide bonds. The number of carbonyl (C=O) groups excluding carboxylic acids is 1. The molecule has 0 rings (SSSR count).